The van der Waals surface area contributed by atoms with Crippen LogP contribution in [0.15, 0.2) is 60.7 Å². The van der Waals surface area contributed by atoms with Crippen molar-refractivity contribution in [2.45, 2.75) is 13.2 Å². The molecule has 2 aromatic rings. The maximum Gasteiger partial charge on any atom is 0.0681 e. The summed E-state index contributed by atoms with van der Waals surface area (Å²) in [5.41, 5.74) is 1.93. The topological polar surface area (TPSA) is 40.5 Å². The first-order valence-corrected chi connectivity index (χ1v) is 5.16. The van der Waals surface area contributed by atoms with E-state index in [1.807, 2.05) is 60.7 Å². The predicted octanol–water partition coefficient (Wildman–Crippen LogP) is 2.36. The van der Waals surface area contributed by atoms with Crippen molar-refractivity contribution >= 4 is 0 Å². The summed E-state index contributed by atoms with van der Waals surface area (Å²) in [4.78, 5) is 0. The van der Waals surface area contributed by atoms with E-state index in [-0.39, 0.29) is 30.3 Å². The van der Waals surface area contributed by atoms with E-state index in [0.717, 1.165) is 11.1 Å². The van der Waals surface area contributed by atoms with Gasteiger partial charge in [-0.1, -0.05) is 60.7 Å². The summed E-state index contributed by atoms with van der Waals surface area (Å²) in [6.07, 6.45) is 0. The zero-order valence-corrected chi connectivity index (χ0v) is 10.3. The third-order valence-electron chi connectivity index (χ3n) is 2.05. The third kappa shape index (κ3) is 6.92. The van der Waals surface area contributed by atoms with Crippen LogP contribution in [0.2, 0.25) is 0 Å². The first-order chi connectivity index (χ1) is 7.86. The minimum absolute atomic E-state index is 0. The first kappa shape index (κ1) is 15.9. The Labute approximate surface area is 112 Å². The Morgan fingerprint density at radius 3 is 1.06 bits per heavy atom. The average molecular weight is 280 g/mol. The van der Waals surface area contributed by atoms with Crippen molar-refractivity contribution in [1.29, 1.82) is 0 Å². The average Bonchev–Trinajstić information content (AvgIpc) is 2.41. The maximum atomic E-state index is 8.54. The molecular weight excluding hydrogens is 264 g/mol. The number of aliphatic hydroxyl groups excluding tert-OH is 2. The van der Waals surface area contributed by atoms with Crippen LogP contribution in [-0.2, 0) is 30.3 Å². The number of hydrogen-bond acceptors (Lipinski definition) is 2. The second-order valence-electron chi connectivity index (χ2n) is 3.29. The van der Waals surface area contributed by atoms with Crippen LogP contribution < -0.4 is 0 Å². The molecule has 2 rings (SSSR count). The molecule has 0 heterocycles. The summed E-state index contributed by atoms with van der Waals surface area (Å²) in [5, 5.41) is 17.1. The first-order valence-electron chi connectivity index (χ1n) is 5.16. The molecule has 0 aliphatic rings. The molecule has 0 saturated heterocycles. The van der Waals surface area contributed by atoms with E-state index in [0.29, 0.717) is 0 Å². The van der Waals surface area contributed by atoms with E-state index in [4.69, 9.17) is 10.2 Å². The van der Waals surface area contributed by atoms with Crippen LogP contribution in [0.3, 0.4) is 0 Å². The Morgan fingerprint density at radius 1 is 0.588 bits per heavy atom. The van der Waals surface area contributed by atoms with Gasteiger partial charge in [0.05, 0.1) is 13.2 Å². The van der Waals surface area contributed by atoms with Gasteiger partial charge in [0.1, 0.15) is 0 Å². The minimum Gasteiger partial charge on any atom is -0.392 e. The number of hydrogen-bond donors (Lipinski definition) is 2. The Hall–Kier alpha value is -1.12. The summed E-state index contributed by atoms with van der Waals surface area (Å²) in [6, 6.07) is 19.0. The van der Waals surface area contributed by atoms with Crippen LogP contribution in [0.1, 0.15) is 11.1 Å². The van der Waals surface area contributed by atoms with Crippen molar-refractivity contribution < 1.29 is 27.3 Å². The molecule has 0 unspecified atom stereocenters. The molecule has 2 aromatic carbocycles. The van der Waals surface area contributed by atoms with E-state index in [9.17, 15) is 0 Å². The van der Waals surface area contributed by atoms with Crippen LogP contribution in [0.4, 0.5) is 0 Å². The molecule has 0 aliphatic carbocycles. The van der Waals surface area contributed by atoms with Crippen LogP contribution in [0.5, 0.6) is 0 Å². The zero-order valence-electron chi connectivity index (χ0n) is 9.38. The molecule has 0 amide bonds. The number of benzene rings is 2. The quantitative estimate of drug-likeness (QED) is 0.829. The Bertz CT molecular complexity index is 336. The van der Waals surface area contributed by atoms with Crippen LogP contribution in [0.25, 0.3) is 0 Å². The molecule has 0 bridgehead atoms. The zero-order chi connectivity index (χ0) is 11.6. The second-order valence-corrected chi connectivity index (χ2v) is 3.29. The largest absolute Gasteiger partial charge is 0.392 e. The van der Waals surface area contributed by atoms with E-state index >= 15 is 0 Å². The fourth-order valence-corrected chi connectivity index (χ4v) is 1.17. The molecule has 0 aromatic heterocycles. The molecule has 3 heteroatoms. The molecule has 0 spiro atoms. The van der Waals surface area contributed by atoms with Gasteiger partial charge in [-0.15, -0.1) is 0 Å². The fraction of sp³-hybridized carbons (Fsp3) is 0.143. The molecule has 2 nitrogen and oxygen atoms in total. The summed E-state index contributed by atoms with van der Waals surface area (Å²) >= 11 is 0. The fourth-order valence-electron chi connectivity index (χ4n) is 1.17. The van der Waals surface area contributed by atoms with Gasteiger partial charge >= 0.3 is 0 Å². The molecular formula is C14H16CuO2. The van der Waals surface area contributed by atoms with Gasteiger partial charge in [0.2, 0.25) is 0 Å². The summed E-state index contributed by atoms with van der Waals surface area (Å²) in [7, 11) is 0. The normalized spacial score (nSPS) is 8.59. The molecule has 17 heavy (non-hydrogen) atoms. The van der Waals surface area contributed by atoms with Gasteiger partial charge in [-0.3, -0.25) is 0 Å². The number of aliphatic hydroxyl groups is 2. The second kappa shape index (κ2) is 10.1. The van der Waals surface area contributed by atoms with Gasteiger partial charge in [0.25, 0.3) is 0 Å². The standard InChI is InChI=1S/2C7H8O.Cu/c2*8-6-7-4-2-1-3-5-7;/h2*1-5,8H,6H2;. The SMILES string of the molecule is OCc1ccccc1.OCc1ccccc1.[Cu]. The maximum absolute atomic E-state index is 8.54. The van der Waals surface area contributed by atoms with Crippen LogP contribution in [0, 0.1) is 0 Å². The monoisotopic (exact) mass is 279 g/mol. The van der Waals surface area contributed by atoms with Gasteiger partial charge in [0, 0.05) is 17.1 Å². The van der Waals surface area contributed by atoms with Gasteiger partial charge in [-0.2, -0.15) is 0 Å². The Morgan fingerprint density at radius 2 is 0.882 bits per heavy atom. The predicted molar refractivity (Wildman–Crippen MR) is 64.7 cm³/mol. The summed E-state index contributed by atoms with van der Waals surface area (Å²) in [5.74, 6) is 0. The van der Waals surface area contributed by atoms with Gasteiger partial charge in [-0.05, 0) is 11.1 Å². The van der Waals surface area contributed by atoms with E-state index in [2.05, 4.69) is 0 Å². The minimum atomic E-state index is 0. The van der Waals surface area contributed by atoms with Crippen molar-refractivity contribution in [2.75, 3.05) is 0 Å². The van der Waals surface area contributed by atoms with Crippen LogP contribution in [-0.4, -0.2) is 10.2 Å². The molecule has 0 atom stereocenters. The molecule has 95 valence electrons. The Kier molecular flexibility index (Phi) is 9.40. The van der Waals surface area contributed by atoms with Gasteiger partial charge < -0.3 is 10.2 Å². The van der Waals surface area contributed by atoms with Crippen molar-refractivity contribution in [3.05, 3.63) is 71.8 Å². The smallest absolute Gasteiger partial charge is 0.0681 e. The van der Waals surface area contributed by atoms with Crippen molar-refractivity contribution in [2.24, 2.45) is 0 Å². The van der Waals surface area contributed by atoms with E-state index in [1.165, 1.54) is 0 Å². The third-order valence-corrected chi connectivity index (χ3v) is 2.05. The molecule has 0 saturated carbocycles. The van der Waals surface area contributed by atoms with E-state index < -0.39 is 0 Å². The Balaban J connectivity index is 0.000000284. The molecule has 2 N–H and O–H groups in total. The molecule has 0 aliphatic heterocycles. The summed E-state index contributed by atoms with van der Waals surface area (Å²) in [6.45, 7) is 0.279. The number of rotatable bonds is 2. The van der Waals surface area contributed by atoms with Crippen LogP contribution >= 0.6 is 0 Å². The molecule has 0 fully saturated rings. The van der Waals surface area contributed by atoms with Gasteiger partial charge in [-0.25, -0.2) is 0 Å². The van der Waals surface area contributed by atoms with Crippen molar-refractivity contribution in [3.8, 4) is 0 Å². The van der Waals surface area contributed by atoms with Crippen molar-refractivity contribution in [3.63, 3.8) is 0 Å². The van der Waals surface area contributed by atoms with Gasteiger partial charge in [0.15, 0.2) is 0 Å². The summed E-state index contributed by atoms with van der Waals surface area (Å²) < 4.78 is 0. The van der Waals surface area contributed by atoms with E-state index in [1.54, 1.807) is 0 Å². The molecule has 1 radical (unpaired) electrons. The van der Waals surface area contributed by atoms with Crippen molar-refractivity contribution in [1.82, 2.24) is 0 Å².